The fraction of sp³-hybridized carbons (Fsp3) is 0.118. The molecule has 0 bridgehead atoms. The highest BCUT2D eigenvalue weighted by Gasteiger charge is 1.98. The fourth-order valence-electron chi connectivity index (χ4n) is 1.75. The molecule has 0 fully saturated rings. The van der Waals surface area contributed by atoms with Crippen molar-refractivity contribution in [2.24, 2.45) is 0 Å². The Kier molecular flexibility index (Phi) is 5.13. The Balaban J connectivity index is 1.96. The van der Waals surface area contributed by atoms with Crippen LogP contribution in [0.1, 0.15) is 18.1 Å². The second kappa shape index (κ2) is 7.06. The van der Waals surface area contributed by atoms with Gasteiger partial charge in [0.25, 0.3) is 0 Å². The van der Waals surface area contributed by atoms with Gasteiger partial charge >= 0.3 is 0 Å². The minimum atomic E-state index is -0.128. The molecule has 0 saturated heterocycles. The third-order valence-electron chi connectivity index (χ3n) is 2.93. The van der Waals surface area contributed by atoms with Gasteiger partial charge in [-0.2, -0.15) is 0 Å². The van der Waals surface area contributed by atoms with Crippen LogP contribution in [0.2, 0.25) is 0 Å². The minimum Gasteiger partial charge on any atom is -0.323 e. The average molecular weight is 330 g/mol. The molecule has 0 saturated carbocycles. The largest absolute Gasteiger partial charge is 0.323 e. The standard InChI is InChI=1S/C17H16BrNO/c1-2-13-5-10-16(11-6-13)19-17(20)12-7-14-3-8-15(18)9-4-14/h3-12H,2H2,1H3,(H,19,20). The first kappa shape index (κ1) is 14.5. The first-order chi connectivity index (χ1) is 9.67. The highest BCUT2D eigenvalue weighted by molar-refractivity contribution is 9.10. The second-order valence-electron chi connectivity index (χ2n) is 4.42. The summed E-state index contributed by atoms with van der Waals surface area (Å²) in [4.78, 5) is 11.8. The lowest BCUT2D eigenvalue weighted by Gasteiger charge is -2.03. The van der Waals surface area contributed by atoms with Gasteiger partial charge in [0.1, 0.15) is 0 Å². The van der Waals surface area contributed by atoms with E-state index in [0.29, 0.717) is 0 Å². The third kappa shape index (κ3) is 4.35. The van der Waals surface area contributed by atoms with Crippen molar-refractivity contribution in [3.05, 3.63) is 70.2 Å². The number of carbonyl (C=O) groups excluding carboxylic acids is 1. The van der Waals surface area contributed by atoms with Crippen LogP contribution in [0.25, 0.3) is 6.08 Å². The van der Waals surface area contributed by atoms with Crippen LogP contribution in [0.15, 0.2) is 59.1 Å². The van der Waals surface area contributed by atoms with Crippen LogP contribution in [0.3, 0.4) is 0 Å². The molecule has 0 unspecified atom stereocenters. The SMILES string of the molecule is CCc1ccc(NC(=O)C=Cc2ccc(Br)cc2)cc1. The number of aryl methyl sites for hydroxylation is 1. The molecule has 0 heterocycles. The van der Waals surface area contributed by atoms with Gasteiger partial charge in [-0.1, -0.05) is 47.1 Å². The van der Waals surface area contributed by atoms with Crippen molar-refractivity contribution in [1.82, 2.24) is 0 Å². The molecule has 0 aliphatic rings. The molecule has 0 atom stereocenters. The summed E-state index contributed by atoms with van der Waals surface area (Å²) in [5.41, 5.74) is 3.06. The molecule has 102 valence electrons. The normalized spacial score (nSPS) is 10.7. The number of nitrogens with one attached hydrogen (secondary N) is 1. The summed E-state index contributed by atoms with van der Waals surface area (Å²) < 4.78 is 1.02. The zero-order chi connectivity index (χ0) is 14.4. The molecule has 2 nitrogen and oxygen atoms in total. The van der Waals surface area contributed by atoms with E-state index in [9.17, 15) is 4.79 Å². The van der Waals surface area contributed by atoms with E-state index in [1.54, 1.807) is 6.08 Å². The van der Waals surface area contributed by atoms with E-state index < -0.39 is 0 Å². The Hall–Kier alpha value is -1.87. The zero-order valence-electron chi connectivity index (χ0n) is 11.3. The summed E-state index contributed by atoms with van der Waals surface area (Å²) in [5, 5.41) is 2.84. The van der Waals surface area contributed by atoms with Crippen LogP contribution >= 0.6 is 15.9 Å². The lowest BCUT2D eigenvalue weighted by atomic mass is 10.1. The van der Waals surface area contributed by atoms with Crippen molar-refractivity contribution in [3.8, 4) is 0 Å². The van der Waals surface area contributed by atoms with E-state index in [2.05, 4.69) is 28.2 Å². The summed E-state index contributed by atoms with van der Waals surface area (Å²) >= 11 is 3.38. The van der Waals surface area contributed by atoms with Crippen molar-refractivity contribution < 1.29 is 4.79 Å². The molecule has 0 aromatic heterocycles. The van der Waals surface area contributed by atoms with Crippen molar-refractivity contribution >= 4 is 33.6 Å². The van der Waals surface area contributed by atoms with Gasteiger partial charge in [-0.25, -0.2) is 0 Å². The molecule has 0 radical (unpaired) electrons. The minimum absolute atomic E-state index is 0.128. The molecule has 2 aromatic carbocycles. The number of benzene rings is 2. The first-order valence-corrected chi connectivity index (χ1v) is 7.30. The van der Waals surface area contributed by atoms with Gasteiger partial charge < -0.3 is 5.32 Å². The van der Waals surface area contributed by atoms with Crippen LogP contribution in [-0.4, -0.2) is 5.91 Å². The summed E-state index contributed by atoms with van der Waals surface area (Å²) in [6.07, 6.45) is 4.33. The molecule has 2 aromatic rings. The van der Waals surface area contributed by atoms with Crippen molar-refractivity contribution in [2.75, 3.05) is 5.32 Å². The van der Waals surface area contributed by atoms with Crippen molar-refractivity contribution in [2.45, 2.75) is 13.3 Å². The van der Waals surface area contributed by atoms with Crippen molar-refractivity contribution in [3.63, 3.8) is 0 Å². The number of anilines is 1. The maximum Gasteiger partial charge on any atom is 0.248 e. The molecule has 3 heteroatoms. The molecule has 0 aliphatic heterocycles. The Labute approximate surface area is 127 Å². The molecule has 1 N–H and O–H groups in total. The van der Waals surface area contributed by atoms with Crippen LogP contribution in [0.4, 0.5) is 5.69 Å². The molecule has 2 rings (SSSR count). The number of rotatable bonds is 4. The summed E-state index contributed by atoms with van der Waals surface area (Å²) in [7, 11) is 0. The Morgan fingerprint density at radius 1 is 1.10 bits per heavy atom. The lowest BCUT2D eigenvalue weighted by molar-refractivity contribution is -0.111. The van der Waals surface area contributed by atoms with Gasteiger partial charge in [-0.05, 0) is 47.9 Å². The van der Waals surface area contributed by atoms with Gasteiger partial charge in [-0.3, -0.25) is 4.79 Å². The fourth-order valence-corrected chi connectivity index (χ4v) is 2.02. The summed E-state index contributed by atoms with van der Waals surface area (Å²) in [6, 6.07) is 15.7. The van der Waals surface area contributed by atoms with Crippen LogP contribution in [0.5, 0.6) is 0 Å². The van der Waals surface area contributed by atoms with Crippen LogP contribution < -0.4 is 5.32 Å². The number of amides is 1. The molecule has 0 spiro atoms. The average Bonchev–Trinajstić information content (AvgIpc) is 2.47. The van der Waals surface area contributed by atoms with Gasteiger partial charge in [0.15, 0.2) is 0 Å². The predicted molar refractivity (Wildman–Crippen MR) is 87.6 cm³/mol. The summed E-state index contributed by atoms with van der Waals surface area (Å²) in [5.74, 6) is -0.128. The van der Waals surface area contributed by atoms with E-state index in [1.165, 1.54) is 11.6 Å². The number of halogens is 1. The highest BCUT2D eigenvalue weighted by Crippen LogP contribution is 2.12. The van der Waals surface area contributed by atoms with E-state index in [-0.39, 0.29) is 5.91 Å². The Morgan fingerprint density at radius 3 is 2.35 bits per heavy atom. The maximum absolute atomic E-state index is 11.8. The maximum atomic E-state index is 11.8. The zero-order valence-corrected chi connectivity index (χ0v) is 12.9. The highest BCUT2D eigenvalue weighted by atomic mass is 79.9. The van der Waals surface area contributed by atoms with Gasteiger partial charge in [-0.15, -0.1) is 0 Å². The number of hydrogen-bond donors (Lipinski definition) is 1. The molecular weight excluding hydrogens is 314 g/mol. The van der Waals surface area contributed by atoms with Crippen molar-refractivity contribution in [1.29, 1.82) is 0 Å². The monoisotopic (exact) mass is 329 g/mol. The second-order valence-corrected chi connectivity index (χ2v) is 5.34. The van der Waals surface area contributed by atoms with Crippen LogP contribution in [0, 0.1) is 0 Å². The summed E-state index contributed by atoms with van der Waals surface area (Å²) in [6.45, 7) is 2.11. The van der Waals surface area contributed by atoms with Crippen LogP contribution in [-0.2, 0) is 11.2 Å². The predicted octanol–water partition coefficient (Wildman–Crippen LogP) is 4.66. The molecule has 1 amide bonds. The Bertz CT molecular complexity index is 600. The van der Waals surface area contributed by atoms with Gasteiger partial charge in [0.2, 0.25) is 5.91 Å². The quantitative estimate of drug-likeness (QED) is 0.812. The van der Waals surface area contributed by atoms with Gasteiger partial charge in [0.05, 0.1) is 0 Å². The van der Waals surface area contributed by atoms with E-state index in [4.69, 9.17) is 0 Å². The lowest BCUT2D eigenvalue weighted by Crippen LogP contribution is -2.07. The molecular formula is C17H16BrNO. The smallest absolute Gasteiger partial charge is 0.248 e. The first-order valence-electron chi connectivity index (χ1n) is 6.51. The molecule has 0 aliphatic carbocycles. The van der Waals surface area contributed by atoms with E-state index in [0.717, 1.165) is 22.1 Å². The topological polar surface area (TPSA) is 29.1 Å². The van der Waals surface area contributed by atoms with Gasteiger partial charge in [0, 0.05) is 16.2 Å². The molecule has 20 heavy (non-hydrogen) atoms. The Morgan fingerprint density at radius 2 is 1.75 bits per heavy atom. The number of hydrogen-bond acceptors (Lipinski definition) is 1. The van der Waals surface area contributed by atoms with E-state index in [1.807, 2.05) is 48.5 Å². The number of carbonyl (C=O) groups is 1. The third-order valence-corrected chi connectivity index (χ3v) is 3.46. The van der Waals surface area contributed by atoms with E-state index >= 15 is 0 Å².